The van der Waals surface area contributed by atoms with Gasteiger partial charge in [0.1, 0.15) is 34.8 Å². The van der Waals surface area contributed by atoms with Crippen molar-refractivity contribution >= 4 is 52.6 Å². The largest absolute Gasteiger partial charge is 0.507 e. The molecule has 72 heavy (non-hydrogen) atoms. The number of carbonyl (C=O) groups excluding carboxylic acids is 2. The molecular formula is C56H64N4O12. The number of rotatable bonds is 18. The Morgan fingerprint density at radius 1 is 0.625 bits per heavy atom. The van der Waals surface area contributed by atoms with E-state index in [4.69, 9.17) is 9.47 Å². The zero-order valence-corrected chi connectivity index (χ0v) is 41.0. The van der Waals surface area contributed by atoms with Crippen molar-refractivity contribution in [2.75, 3.05) is 0 Å². The summed E-state index contributed by atoms with van der Waals surface area (Å²) >= 11 is 0. The second kappa shape index (κ2) is 21.8. The molecule has 0 amide bonds. The van der Waals surface area contributed by atoms with Crippen LogP contribution in [0.2, 0.25) is 0 Å². The summed E-state index contributed by atoms with van der Waals surface area (Å²) in [5.74, 6) is -3.31. The van der Waals surface area contributed by atoms with Crippen molar-refractivity contribution in [3.63, 3.8) is 0 Å². The van der Waals surface area contributed by atoms with E-state index >= 15 is 0 Å². The van der Waals surface area contributed by atoms with Crippen molar-refractivity contribution in [3.05, 3.63) is 107 Å². The fourth-order valence-corrected chi connectivity index (χ4v) is 13.2. The van der Waals surface area contributed by atoms with Crippen molar-refractivity contribution < 1.29 is 59.0 Å². The number of aliphatic carboxylic acids is 1. The topological polar surface area (TPSA) is 254 Å². The lowest BCUT2D eigenvalue weighted by Gasteiger charge is -2.62. The predicted molar refractivity (Wildman–Crippen MR) is 264 cm³/mol. The van der Waals surface area contributed by atoms with Gasteiger partial charge >= 0.3 is 29.8 Å². The first-order valence-electron chi connectivity index (χ1n) is 25.2. The molecule has 16 nitrogen and oxygen atoms in total. The highest BCUT2D eigenvalue weighted by molar-refractivity contribution is 5.92. The number of fused-ring (bicyclic) bond motifs is 5. The number of hydrogen-bond donors (Lipinski definition) is 5. The van der Waals surface area contributed by atoms with E-state index in [0.29, 0.717) is 55.3 Å². The maximum absolute atomic E-state index is 14.2. The fourth-order valence-electron chi connectivity index (χ4n) is 13.2. The molecule has 0 spiro atoms. The Morgan fingerprint density at radius 2 is 1.15 bits per heavy atom. The van der Waals surface area contributed by atoms with Crippen molar-refractivity contribution in [1.82, 2.24) is 0 Å². The molecule has 10 atom stereocenters. The van der Waals surface area contributed by atoms with Crippen LogP contribution in [-0.2, 0) is 36.7 Å². The zero-order valence-electron chi connectivity index (χ0n) is 41.0. The van der Waals surface area contributed by atoms with Crippen LogP contribution in [-0.4, -0.2) is 67.6 Å². The van der Waals surface area contributed by atoms with E-state index in [1.165, 1.54) is 36.4 Å². The molecule has 8 rings (SSSR count). The lowest BCUT2D eigenvalue weighted by molar-refractivity contribution is -0.198. The number of azo groups is 2. The Morgan fingerprint density at radius 3 is 1.71 bits per heavy atom. The highest BCUT2D eigenvalue weighted by Crippen LogP contribution is 2.69. The summed E-state index contributed by atoms with van der Waals surface area (Å²) in [6.07, 6.45) is 7.87. The van der Waals surface area contributed by atoms with Crippen LogP contribution in [0.3, 0.4) is 0 Å². The van der Waals surface area contributed by atoms with Gasteiger partial charge in [-0.25, -0.2) is 9.59 Å². The van der Waals surface area contributed by atoms with Crippen LogP contribution in [0.1, 0.15) is 130 Å². The molecule has 4 aliphatic rings. The van der Waals surface area contributed by atoms with E-state index in [1.807, 2.05) is 24.3 Å². The number of phenols is 2. The minimum Gasteiger partial charge on any atom is -0.507 e. The first-order chi connectivity index (χ1) is 34.4. The Labute approximate surface area is 418 Å². The molecule has 0 saturated heterocycles. The average Bonchev–Trinajstić information content (AvgIpc) is 3.71. The Hall–Kier alpha value is -6.97. The van der Waals surface area contributed by atoms with Gasteiger partial charge in [-0.3, -0.25) is 14.4 Å². The molecule has 10 unspecified atom stereocenters. The maximum Gasteiger partial charge on any atom is 0.339 e. The number of ether oxygens (including phenoxy) is 2. The molecule has 0 aromatic heterocycles. The van der Waals surface area contributed by atoms with Crippen molar-refractivity contribution in [1.29, 1.82) is 0 Å². The Bertz CT molecular complexity index is 2760. The smallest absolute Gasteiger partial charge is 0.339 e. The lowest BCUT2D eigenvalue weighted by atomic mass is 9.43. The monoisotopic (exact) mass is 984 g/mol. The van der Waals surface area contributed by atoms with Gasteiger partial charge in [-0.2, -0.15) is 20.5 Å². The summed E-state index contributed by atoms with van der Waals surface area (Å²) in [7, 11) is 0. The molecule has 4 saturated carbocycles. The summed E-state index contributed by atoms with van der Waals surface area (Å²) in [4.78, 5) is 62.5. The normalized spacial score (nSPS) is 27.1. The highest BCUT2D eigenvalue weighted by atomic mass is 16.5. The molecule has 4 aromatic carbocycles. The summed E-state index contributed by atoms with van der Waals surface area (Å²) in [6, 6.07) is 22.5. The molecule has 0 radical (unpaired) electrons. The number of aryl methyl sites for hydroxylation is 2. The summed E-state index contributed by atoms with van der Waals surface area (Å²) < 4.78 is 12.9. The van der Waals surface area contributed by atoms with Gasteiger partial charge in [-0.1, -0.05) is 57.2 Å². The van der Waals surface area contributed by atoms with Crippen LogP contribution in [0.15, 0.2) is 105 Å². The average molecular weight is 985 g/mol. The first-order valence-corrected chi connectivity index (χ1v) is 25.2. The lowest BCUT2D eigenvalue weighted by Crippen LogP contribution is -2.59. The third kappa shape index (κ3) is 11.2. The minimum absolute atomic E-state index is 0.0260. The summed E-state index contributed by atoms with van der Waals surface area (Å²) in [5.41, 5.74) is 2.39. The minimum atomic E-state index is -1.29. The number of benzene rings is 4. The van der Waals surface area contributed by atoms with Gasteiger partial charge in [-0.05, 0) is 171 Å². The molecule has 380 valence electrons. The molecule has 4 aromatic rings. The van der Waals surface area contributed by atoms with E-state index in [0.717, 1.165) is 49.7 Å². The van der Waals surface area contributed by atoms with Gasteiger partial charge in [0.15, 0.2) is 0 Å². The van der Waals surface area contributed by atoms with Crippen molar-refractivity contribution in [2.24, 2.45) is 66.8 Å². The van der Waals surface area contributed by atoms with Crippen LogP contribution < -0.4 is 0 Å². The molecule has 4 fully saturated rings. The number of aromatic hydroxyl groups is 2. The number of esters is 2. The number of carboxylic acids is 3. The fraction of sp³-hybridized carbons (Fsp3) is 0.482. The van der Waals surface area contributed by atoms with E-state index in [1.54, 1.807) is 24.3 Å². The highest BCUT2D eigenvalue weighted by Gasteiger charge is 2.64. The van der Waals surface area contributed by atoms with Crippen LogP contribution in [0, 0.1) is 46.3 Å². The van der Waals surface area contributed by atoms with Gasteiger partial charge in [-0.15, -0.1) is 0 Å². The number of nitrogens with zero attached hydrogens (tertiary/aromatic N) is 4. The summed E-state index contributed by atoms with van der Waals surface area (Å²) in [6.45, 7) is 6.99. The van der Waals surface area contributed by atoms with Crippen LogP contribution in [0.4, 0.5) is 22.7 Å². The van der Waals surface area contributed by atoms with Crippen LogP contribution >= 0.6 is 0 Å². The molecule has 0 bridgehead atoms. The van der Waals surface area contributed by atoms with E-state index < -0.39 is 17.9 Å². The van der Waals surface area contributed by atoms with Crippen molar-refractivity contribution in [2.45, 2.75) is 123 Å². The third-order valence-corrected chi connectivity index (χ3v) is 16.9. The van der Waals surface area contributed by atoms with E-state index in [2.05, 4.69) is 41.2 Å². The van der Waals surface area contributed by atoms with E-state index in [-0.39, 0.29) is 112 Å². The van der Waals surface area contributed by atoms with Gasteiger partial charge in [0.2, 0.25) is 0 Å². The summed E-state index contributed by atoms with van der Waals surface area (Å²) in [5, 5.41) is 65.4. The zero-order chi connectivity index (χ0) is 51.3. The van der Waals surface area contributed by atoms with Gasteiger partial charge in [0.25, 0.3) is 0 Å². The molecule has 4 aliphatic carbocycles. The molecular weight excluding hydrogens is 921 g/mol. The van der Waals surface area contributed by atoms with E-state index in [9.17, 15) is 49.5 Å². The van der Waals surface area contributed by atoms with Gasteiger partial charge in [0, 0.05) is 25.2 Å². The molecule has 0 heterocycles. The number of aromatic carboxylic acids is 2. The number of carboxylic acid groups (broad SMARTS) is 3. The second-order valence-corrected chi connectivity index (χ2v) is 21.0. The molecule has 5 N–H and O–H groups in total. The maximum atomic E-state index is 14.2. The Kier molecular flexibility index (Phi) is 15.6. The first kappa shape index (κ1) is 51.4. The quantitative estimate of drug-likeness (QED) is 0.0461. The second-order valence-electron chi connectivity index (χ2n) is 21.0. The molecule has 0 aliphatic heterocycles. The van der Waals surface area contributed by atoms with Gasteiger partial charge in [0.05, 0.1) is 22.7 Å². The van der Waals surface area contributed by atoms with Crippen LogP contribution in [0.5, 0.6) is 11.5 Å². The van der Waals surface area contributed by atoms with Crippen LogP contribution in [0.25, 0.3) is 0 Å². The Balaban J connectivity index is 0.959. The van der Waals surface area contributed by atoms with Gasteiger partial charge < -0.3 is 35.0 Å². The SMILES string of the molecule is CC(CCC(=O)O)C1CCC2C3C(OC(=O)CCc4ccccc4N=Nc4ccc(O)c(C(=O)O)c4)CC4CC(OC(=O)CCc5ccccc5N=Nc5ccc(O)c(C(=O)O)c5)CCC4(C)C3CCC12C. The third-order valence-electron chi connectivity index (χ3n) is 16.9. The number of hydrogen-bond acceptors (Lipinski definition) is 13. The number of carbonyl (C=O) groups is 5. The standard InChI is InChI=1S/C56H64N4O12/c1-32(12-21-49(63)64)41-17-18-42-52-43(25-27-56(41,42)3)55(2)26-24-38(71-50(65)22-13-33-8-4-6-10-44(33)59-57-36-15-19-46(61)39(30-36)53(67)68)28-35(55)29-48(52)72-51(66)23-14-34-9-5-7-11-45(34)60-58-37-16-20-47(62)40(31-37)54(69)70/h4-11,15-16,19-20,30-32,35,38,41-43,48,52,61-62H,12-14,17-18,21-29H2,1-3H3,(H,63,64)(H,67,68)(H,69,70). The predicted octanol–water partition coefficient (Wildman–Crippen LogP) is 12.5. The van der Waals surface area contributed by atoms with Crippen molar-refractivity contribution in [3.8, 4) is 11.5 Å². The molecule has 16 heteroatoms.